The average Bonchev–Trinajstić information content (AvgIpc) is 3.99. The van der Waals surface area contributed by atoms with Crippen LogP contribution in [0.5, 0.6) is 11.5 Å². The molecule has 4 aromatic rings. The molecule has 3 aliphatic heterocycles. The van der Waals surface area contributed by atoms with E-state index in [2.05, 4.69) is 27.4 Å². The summed E-state index contributed by atoms with van der Waals surface area (Å²) >= 11 is 0. The van der Waals surface area contributed by atoms with Gasteiger partial charge in [0.15, 0.2) is 6.61 Å². The monoisotopic (exact) mass is 905 g/mol. The number of carbonyl (C=O) groups is 6. The Bertz CT molecular complexity index is 2550. The van der Waals surface area contributed by atoms with E-state index < -0.39 is 29.7 Å². The van der Waals surface area contributed by atoms with Crippen molar-refractivity contribution in [2.75, 3.05) is 39.4 Å². The molecule has 3 aromatic heterocycles. The zero-order valence-corrected chi connectivity index (χ0v) is 37.8. The number of furan rings is 1. The smallest absolute Gasteiger partial charge is 0.266 e. The predicted octanol–water partition coefficient (Wildman–Crippen LogP) is 5.12. The number of unbranched alkanes of at least 4 members (excludes halogenated alkanes) is 7. The van der Waals surface area contributed by atoms with Gasteiger partial charge in [-0.05, 0) is 69.2 Å². The van der Waals surface area contributed by atoms with Crippen molar-refractivity contribution in [2.45, 2.75) is 109 Å². The second-order valence-electron chi connectivity index (χ2n) is 18.0. The molecule has 350 valence electrons. The largest absolute Gasteiger partial charge is 0.491 e. The Morgan fingerprint density at radius 3 is 2.41 bits per heavy atom. The number of hydrogen-bond acceptors (Lipinski definition) is 12. The first-order valence-corrected chi connectivity index (χ1v) is 23.4. The van der Waals surface area contributed by atoms with Gasteiger partial charge >= 0.3 is 0 Å². The third kappa shape index (κ3) is 10.7. The van der Waals surface area contributed by atoms with E-state index in [1.807, 2.05) is 17.0 Å². The maximum Gasteiger partial charge on any atom is 0.266 e. The zero-order chi connectivity index (χ0) is 46.3. The number of carbonyl (C=O) groups excluding carboxylic acids is 6. The molecule has 2 atom stereocenters. The molecule has 2 saturated heterocycles. The lowest BCUT2D eigenvalue weighted by Gasteiger charge is -2.39. The van der Waals surface area contributed by atoms with Crippen molar-refractivity contribution in [3.8, 4) is 22.6 Å². The van der Waals surface area contributed by atoms with E-state index in [1.54, 1.807) is 36.3 Å². The van der Waals surface area contributed by atoms with Gasteiger partial charge in [-0.1, -0.05) is 44.6 Å². The van der Waals surface area contributed by atoms with Gasteiger partial charge < -0.3 is 28.7 Å². The number of nitrogens with zero attached hydrogens (tertiary/aromatic N) is 5. The van der Waals surface area contributed by atoms with Crippen molar-refractivity contribution in [1.29, 1.82) is 0 Å². The Labute approximate surface area is 383 Å². The molecule has 0 bridgehead atoms. The van der Waals surface area contributed by atoms with Crippen LogP contribution in [0.1, 0.15) is 117 Å². The van der Waals surface area contributed by atoms with Crippen LogP contribution in [0, 0.1) is 5.92 Å². The Balaban J connectivity index is 0.686. The van der Waals surface area contributed by atoms with E-state index in [0.717, 1.165) is 67.4 Å². The predicted molar refractivity (Wildman–Crippen MR) is 243 cm³/mol. The number of piperazine rings is 1. The van der Waals surface area contributed by atoms with Crippen LogP contribution in [0.2, 0.25) is 0 Å². The van der Waals surface area contributed by atoms with E-state index in [0.29, 0.717) is 74.1 Å². The highest BCUT2D eigenvalue weighted by Gasteiger charge is 2.46. The molecule has 1 aliphatic carbocycles. The van der Waals surface area contributed by atoms with Gasteiger partial charge in [-0.2, -0.15) is 0 Å². The third-order valence-corrected chi connectivity index (χ3v) is 13.1. The summed E-state index contributed by atoms with van der Waals surface area (Å²) in [6.45, 7) is 5.46. The molecule has 6 amide bonds. The quantitative estimate of drug-likeness (QED) is 0.0827. The number of rotatable bonds is 21. The lowest BCUT2D eigenvalue weighted by molar-refractivity contribution is -0.136. The Hall–Kier alpha value is -6.36. The second-order valence-corrected chi connectivity index (χ2v) is 18.0. The summed E-state index contributed by atoms with van der Waals surface area (Å²) in [5.74, 6) is -0.578. The van der Waals surface area contributed by atoms with Gasteiger partial charge in [-0.25, -0.2) is 0 Å². The van der Waals surface area contributed by atoms with Gasteiger partial charge in [0.2, 0.25) is 17.7 Å². The first-order chi connectivity index (χ1) is 32.0. The van der Waals surface area contributed by atoms with Gasteiger partial charge in [0.25, 0.3) is 23.3 Å². The molecule has 0 spiro atoms. The normalized spacial score (nSPS) is 18.8. The SMILES string of the molecule is CC1CN(C(=O)CCCCCCCCCCNC(=O)COc2cccc3c2C(=O)N(C2CCC(=O)NC2=O)C3=O)CCN1Cc1cc2c(=O)n(C)cc(-c3ccncc3OCC3CC3)c2o1. The van der Waals surface area contributed by atoms with Crippen molar-refractivity contribution in [2.24, 2.45) is 13.0 Å². The molecule has 2 unspecified atom stereocenters. The van der Waals surface area contributed by atoms with Crippen molar-refractivity contribution in [3.05, 3.63) is 76.2 Å². The minimum Gasteiger partial charge on any atom is -0.491 e. The van der Waals surface area contributed by atoms with Gasteiger partial charge in [-0.15, -0.1) is 0 Å². The number of aryl methyl sites for hydroxylation is 1. The topological polar surface area (TPSA) is 203 Å². The number of imide groups is 2. The van der Waals surface area contributed by atoms with Crippen LogP contribution in [0.3, 0.4) is 0 Å². The second kappa shape index (κ2) is 20.9. The maximum atomic E-state index is 13.2. The minimum absolute atomic E-state index is 0.00428. The summed E-state index contributed by atoms with van der Waals surface area (Å²) in [5, 5.41) is 5.54. The summed E-state index contributed by atoms with van der Waals surface area (Å²) in [5.41, 5.74) is 2.15. The van der Waals surface area contributed by atoms with E-state index in [-0.39, 0.29) is 59.7 Å². The first-order valence-electron chi connectivity index (χ1n) is 23.4. The van der Waals surface area contributed by atoms with E-state index >= 15 is 0 Å². The Kier molecular flexibility index (Phi) is 14.6. The van der Waals surface area contributed by atoms with Crippen LogP contribution in [0.4, 0.5) is 0 Å². The lowest BCUT2D eigenvalue weighted by atomic mass is 10.0. The summed E-state index contributed by atoms with van der Waals surface area (Å²) in [4.78, 5) is 98.6. The van der Waals surface area contributed by atoms with Crippen molar-refractivity contribution in [3.63, 3.8) is 0 Å². The van der Waals surface area contributed by atoms with Crippen LogP contribution < -0.4 is 25.7 Å². The highest BCUT2D eigenvalue weighted by molar-refractivity contribution is 6.24. The number of piperidine rings is 1. The number of pyridine rings is 2. The van der Waals surface area contributed by atoms with Crippen molar-refractivity contribution in [1.82, 2.24) is 34.9 Å². The Morgan fingerprint density at radius 1 is 0.879 bits per heavy atom. The fourth-order valence-corrected chi connectivity index (χ4v) is 9.08. The number of hydrogen-bond donors (Lipinski definition) is 2. The fourth-order valence-electron chi connectivity index (χ4n) is 9.08. The van der Waals surface area contributed by atoms with Gasteiger partial charge in [0, 0.05) is 75.6 Å². The highest BCUT2D eigenvalue weighted by Crippen LogP contribution is 2.37. The molecular formula is C49H59N7O10. The standard InChI is InChI=1S/C49H59N7O10/c1-31-26-55(23-22-54(31)27-33-24-36-45(66-33)37(28-53(2)47(36)61)34-19-21-50-25-40(34)64-29-32-15-16-32)43(59)14-9-7-5-3-4-6-8-10-20-51-42(58)30-65-39-13-11-12-35-44(39)49(63)56(48(35)62)38-17-18-41(57)52-46(38)60/h11-13,19,21,24-25,28,31-32,38H,3-10,14-18,20,22-23,26-27,29-30H2,1-2H3,(H,51,58)(H,52,57,60). The molecule has 3 fully saturated rings. The van der Waals surface area contributed by atoms with Crippen molar-refractivity contribution < 1.29 is 42.7 Å². The molecule has 6 heterocycles. The highest BCUT2D eigenvalue weighted by atomic mass is 16.5. The van der Waals surface area contributed by atoms with Gasteiger partial charge in [0.05, 0.1) is 35.9 Å². The number of amides is 6. The first kappa shape index (κ1) is 46.2. The number of nitrogens with one attached hydrogen (secondary N) is 2. The molecule has 66 heavy (non-hydrogen) atoms. The van der Waals surface area contributed by atoms with Gasteiger partial charge in [-0.3, -0.25) is 53.7 Å². The summed E-state index contributed by atoms with van der Waals surface area (Å²) in [6, 6.07) is 7.32. The number of benzene rings is 1. The summed E-state index contributed by atoms with van der Waals surface area (Å²) in [6.07, 6.45) is 16.1. The van der Waals surface area contributed by atoms with Gasteiger partial charge in [0.1, 0.15) is 28.9 Å². The average molecular weight is 906 g/mol. The van der Waals surface area contributed by atoms with E-state index in [1.165, 1.54) is 25.0 Å². The molecule has 1 saturated carbocycles. The van der Waals surface area contributed by atoms with Crippen molar-refractivity contribution >= 4 is 46.4 Å². The van der Waals surface area contributed by atoms with Crippen LogP contribution >= 0.6 is 0 Å². The number of fused-ring (bicyclic) bond motifs is 2. The Morgan fingerprint density at radius 2 is 1.65 bits per heavy atom. The molecule has 0 radical (unpaired) electrons. The summed E-state index contributed by atoms with van der Waals surface area (Å²) in [7, 11) is 1.75. The van der Waals surface area contributed by atoms with E-state index in [4.69, 9.17) is 13.9 Å². The number of ether oxygens (including phenoxy) is 2. The van der Waals surface area contributed by atoms with Crippen LogP contribution in [0.25, 0.3) is 22.1 Å². The molecule has 17 heteroatoms. The van der Waals surface area contributed by atoms with E-state index in [9.17, 15) is 33.6 Å². The zero-order valence-electron chi connectivity index (χ0n) is 37.8. The minimum atomic E-state index is -1.09. The maximum absolute atomic E-state index is 13.2. The summed E-state index contributed by atoms with van der Waals surface area (Å²) < 4.78 is 19.8. The molecular weight excluding hydrogens is 847 g/mol. The lowest BCUT2D eigenvalue weighted by Crippen LogP contribution is -2.54. The molecule has 2 N–H and O–H groups in total. The van der Waals surface area contributed by atoms with Crippen LogP contribution in [0.15, 0.2) is 58.1 Å². The third-order valence-electron chi connectivity index (χ3n) is 13.1. The fraction of sp³-hybridized carbons (Fsp3) is 0.510. The molecule has 17 nitrogen and oxygen atoms in total. The molecule has 8 rings (SSSR count). The molecule has 1 aromatic carbocycles. The number of aromatic nitrogens is 2. The van der Waals surface area contributed by atoms with Crippen LogP contribution in [-0.2, 0) is 32.8 Å². The van der Waals surface area contributed by atoms with Crippen LogP contribution in [-0.4, -0.2) is 111 Å². The molecule has 4 aliphatic rings.